The summed E-state index contributed by atoms with van der Waals surface area (Å²) in [6.45, 7) is 1.54. The van der Waals surface area contributed by atoms with Gasteiger partial charge in [-0.15, -0.1) is 0 Å². The minimum Gasteiger partial charge on any atom is -0.467 e. The Labute approximate surface area is 142 Å². The average Bonchev–Trinajstić information content (AvgIpc) is 2.57. The first-order chi connectivity index (χ1) is 11.6. The molecule has 0 aliphatic rings. The third kappa shape index (κ3) is 5.46. The number of aliphatic hydroxyl groups excluding tert-OH is 1. The molecule has 25 heavy (non-hydrogen) atoms. The second-order valence-corrected chi connectivity index (χ2v) is 5.37. The van der Waals surface area contributed by atoms with Crippen molar-refractivity contribution in [2.24, 2.45) is 5.92 Å². The molecule has 0 aromatic heterocycles. The number of nitriles is 1. The Morgan fingerprint density at radius 1 is 1.32 bits per heavy atom. The van der Waals surface area contributed by atoms with E-state index in [9.17, 15) is 27.9 Å². The van der Waals surface area contributed by atoms with E-state index >= 15 is 0 Å². The van der Waals surface area contributed by atoms with Crippen molar-refractivity contribution in [2.45, 2.75) is 31.7 Å². The van der Waals surface area contributed by atoms with Gasteiger partial charge in [0.1, 0.15) is 6.04 Å². The van der Waals surface area contributed by atoms with Gasteiger partial charge in [0.15, 0.2) is 6.10 Å². The molecule has 0 aliphatic heterocycles. The minimum atomic E-state index is -4.53. The van der Waals surface area contributed by atoms with E-state index in [0.717, 1.165) is 31.4 Å². The number of carbonyl (C=O) groups is 2. The molecule has 2 N–H and O–H groups in total. The highest BCUT2D eigenvalue weighted by atomic mass is 19.4. The van der Waals surface area contributed by atoms with Gasteiger partial charge in [0.25, 0.3) is 5.91 Å². The maximum absolute atomic E-state index is 12.5. The zero-order chi connectivity index (χ0) is 19.2. The predicted molar refractivity (Wildman–Crippen MR) is 79.7 cm³/mol. The molecule has 1 amide bonds. The molecule has 0 saturated heterocycles. The summed E-state index contributed by atoms with van der Waals surface area (Å²) in [6, 6.07) is 4.11. The zero-order valence-electron chi connectivity index (χ0n) is 13.5. The third-order valence-corrected chi connectivity index (χ3v) is 3.54. The molecule has 0 fully saturated rings. The predicted octanol–water partition coefficient (Wildman–Crippen LogP) is 1.95. The van der Waals surface area contributed by atoms with Crippen molar-refractivity contribution >= 4 is 11.9 Å². The molecule has 9 heteroatoms. The Morgan fingerprint density at radius 3 is 2.32 bits per heavy atom. The van der Waals surface area contributed by atoms with Crippen molar-refractivity contribution in [1.29, 1.82) is 5.26 Å². The van der Waals surface area contributed by atoms with E-state index in [2.05, 4.69) is 10.1 Å². The van der Waals surface area contributed by atoms with E-state index < -0.39 is 41.7 Å². The molecule has 0 unspecified atom stereocenters. The quantitative estimate of drug-likeness (QED) is 0.757. The van der Waals surface area contributed by atoms with Crippen molar-refractivity contribution in [2.75, 3.05) is 7.11 Å². The lowest BCUT2D eigenvalue weighted by Crippen LogP contribution is -2.47. The zero-order valence-corrected chi connectivity index (χ0v) is 13.5. The summed E-state index contributed by atoms with van der Waals surface area (Å²) in [5, 5.41) is 20.9. The summed E-state index contributed by atoms with van der Waals surface area (Å²) >= 11 is 0. The van der Waals surface area contributed by atoms with Gasteiger partial charge in [0.05, 0.1) is 18.7 Å². The molecule has 1 aromatic carbocycles. The van der Waals surface area contributed by atoms with Crippen molar-refractivity contribution in [1.82, 2.24) is 5.32 Å². The van der Waals surface area contributed by atoms with Gasteiger partial charge in [-0.2, -0.15) is 18.4 Å². The Kier molecular flexibility index (Phi) is 6.94. The molecule has 1 rings (SSSR count). The fraction of sp³-hybridized carbons (Fsp3) is 0.438. The van der Waals surface area contributed by atoms with Crippen LogP contribution in [0.2, 0.25) is 0 Å². The van der Waals surface area contributed by atoms with Crippen LogP contribution in [0.4, 0.5) is 13.2 Å². The maximum atomic E-state index is 12.5. The SMILES string of the molecule is COC(=O)[C@H](NC(=O)[C@@H](O)c1ccc(C(F)(F)F)cc1)[C@@H](C)CC#N. The van der Waals surface area contributed by atoms with Crippen LogP contribution < -0.4 is 5.32 Å². The lowest BCUT2D eigenvalue weighted by atomic mass is 9.98. The molecule has 0 aliphatic carbocycles. The first-order valence-electron chi connectivity index (χ1n) is 7.22. The van der Waals surface area contributed by atoms with Crippen LogP contribution in [0.1, 0.15) is 30.6 Å². The molecule has 6 nitrogen and oxygen atoms in total. The molecule has 3 atom stereocenters. The number of carbonyl (C=O) groups excluding carboxylic acids is 2. The number of hydrogen-bond donors (Lipinski definition) is 2. The van der Waals surface area contributed by atoms with Crippen LogP contribution in [0.3, 0.4) is 0 Å². The second-order valence-electron chi connectivity index (χ2n) is 5.37. The highest BCUT2D eigenvalue weighted by Gasteiger charge is 2.32. The first-order valence-corrected chi connectivity index (χ1v) is 7.22. The third-order valence-electron chi connectivity index (χ3n) is 3.54. The van der Waals surface area contributed by atoms with Crippen LogP contribution >= 0.6 is 0 Å². The number of aliphatic hydroxyl groups is 1. The molecule has 0 spiro atoms. The van der Waals surface area contributed by atoms with Gasteiger partial charge < -0.3 is 15.2 Å². The van der Waals surface area contributed by atoms with Gasteiger partial charge >= 0.3 is 12.1 Å². The number of alkyl halides is 3. The number of benzene rings is 1. The number of halogens is 3. The van der Waals surface area contributed by atoms with Gasteiger partial charge in [-0.25, -0.2) is 4.79 Å². The first kappa shape index (κ1) is 20.4. The topological polar surface area (TPSA) is 99.4 Å². The van der Waals surface area contributed by atoms with Gasteiger partial charge in [0.2, 0.25) is 0 Å². The van der Waals surface area contributed by atoms with Crippen molar-refractivity contribution in [3.8, 4) is 6.07 Å². The summed E-state index contributed by atoms with van der Waals surface area (Å²) in [5.74, 6) is -2.36. The molecule has 1 aromatic rings. The second kappa shape index (κ2) is 8.48. The number of ether oxygens (including phenoxy) is 1. The monoisotopic (exact) mass is 358 g/mol. The smallest absolute Gasteiger partial charge is 0.416 e. The van der Waals surface area contributed by atoms with Crippen molar-refractivity contribution < 1.29 is 32.6 Å². The average molecular weight is 358 g/mol. The standard InChI is InChI=1S/C16H17F3N2O4/c1-9(7-8-20)12(15(24)25-2)21-14(23)13(22)10-3-5-11(6-4-10)16(17,18)19/h3-6,9,12-13,22H,7H2,1-2H3,(H,21,23)/t9-,12+,13-/m0/s1. The van der Waals surface area contributed by atoms with E-state index in [4.69, 9.17) is 5.26 Å². The largest absolute Gasteiger partial charge is 0.467 e. The van der Waals surface area contributed by atoms with Crippen LogP contribution in [0, 0.1) is 17.2 Å². The molecule has 0 radical (unpaired) electrons. The molecule has 136 valence electrons. The fourth-order valence-electron chi connectivity index (χ4n) is 2.06. The van der Waals surface area contributed by atoms with Crippen LogP contribution in [0.5, 0.6) is 0 Å². The molecule has 0 saturated carbocycles. The van der Waals surface area contributed by atoms with E-state index in [1.807, 2.05) is 6.07 Å². The van der Waals surface area contributed by atoms with E-state index in [-0.39, 0.29) is 12.0 Å². The number of amides is 1. The summed E-state index contributed by atoms with van der Waals surface area (Å²) in [7, 11) is 1.10. The summed E-state index contributed by atoms with van der Waals surface area (Å²) in [5.41, 5.74) is -0.985. The van der Waals surface area contributed by atoms with E-state index in [1.54, 1.807) is 0 Å². The van der Waals surface area contributed by atoms with Crippen LogP contribution in [-0.2, 0) is 20.5 Å². The van der Waals surface area contributed by atoms with Crippen LogP contribution in [0.15, 0.2) is 24.3 Å². The van der Waals surface area contributed by atoms with E-state index in [1.165, 1.54) is 6.92 Å². The lowest BCUT2D eigenvalue weighted by molar-refractivity contribution is -0.147. The molecule has 0 bridgehead atoms. The van der Waals surface area contributed by atoms with Gasteiger partial charge in [0, 0.05) is 12.3 Å². The van der Waals surface area contributed by atoms with Gasteiger partial charge in [-0.1, -0.05) is 19.1 Å². The summed E-state index contributed by atoms with van der Waals surface area (Å²) < 4.78 is 42.1. The normalized spacial score (nSPS) is 14.8. The van der Waals surface area contributed by atoms with Crippen LogP contribution in [-0.4, -0.2) is 30.1 Å². The van der Waals surface area contributed by atoms with Gasteiger partial charge in [-0.3, -0.25) is 4.79 Å². The number of nitrogens with one attached hydrogen (secondary N) is 1. The van der Waals surface area contributed by atoms with E-state index in [0.29, 0.717) is 0 Å². The number of nitrogens with zero attached hydrogens (tertiary/aromatic N) is 1. The van der Waals surface area contributed by atoms with Crippen molar-refractivity contribution in [3.05, 3.63) is 35.4 Å². The Balaban J connectivity index is 2.90. The lowest BCUT2D eigenvalue weighted by Gasteiger charge is -2.22. The number of esters is 1. The number of hydrogen-bond acceptors (Lipinski definition) is 5. The Hall–Kier alpha value is -2.60. The fourth-order valence-corrected chi connectivity index (χ4v) is 2.06. The Bertz CT molecular complexity index is 653. The van der Waals surface area contributed by atoms with Gasteiger partial charge in [-0.05, 0) is 17.7 Å². The molecular weight excluding hydrogens is 341 g/mol. The highest BCUT2D eigenvalue weighted by molar-refractivity contribution is 5.87. The highest BCUT2D eigenvalue weighted by Crippen LogP contribution is 2.30. The number of rotatable bonds is 6. The Morgan fingerprint density at radius 2 is 1.88 bits per heavy atom. The summed E-state index contributed by atoms with van der Waals surface area (Å²) in [6.07, 6.45) is -6.35. The summed E-state index contributed by atoms with van der Waals surface area (Å²) in [4.78, 5) is 23.8. The van der Waals surface area contributed by atoms with Crippen molar-refractivity contribution in [3.63, 3.8) is 0 Å². The molecular formula is C16H17F3N2O4. The molecule has 0 heterocycles. The van der Waals surface area contributed by atoms with Crippen LogP contribution in [0.25, 0.3) is 0 Å². The minimum absolute atomic E-state index is 0.0452. The maximum Gasteiger partial charge on any atom is 0.416 e. The number of methoxy groups -OCH3 is 1.